The number of para-hydroxylation sites is 1. The lowest BCUT2D eigenvalue weighted by Gasteiger charge is -2.18. The maximum atomic E-state index is 9.42. The van der Waals surface area contributed by atoms with Crippen LogP contribution in [0.3, 0.4) is 0 Å². The molecular formula is C44H26O2. The molecule has 0 bridgehead atoms. The quantitative estimate of drug-likeness (QED) is 0.190. The summed E-state index contributed by atoms with van der Waals surface area (Å²) in [6, 6.07) is 29.3. The van der Waals surface area contributed by atoms with Crippen molar-refractivity contribution in [2.75, 3.05) is 0 Å². The Balaban J connectivity index is 1.50. The average molecular weight is 595 g/mol. The van der Waals surface area contributed by atoms with Gasteiger partial charge in [0.1, 0.15) is 16.7 Å². The second-order valence-corrected chi connectivity index (χ2v) is 11.4. The van der Waals surface area contributed by atoms with Crippen LogP contribution in [0.2, 0.25) is 0 Å². The van der Waals surface area contributed by atoms with E-state index in [4.69, 9.17) is 14.3 Å². The van der Waals surface area contributed by atoms with Crippen molar-refractivity contribution in [3.05, 3.63) is 158 Å². The SMILES string of the molecule is [2H]c1c([2H])c([2H])c2c(-c3cc4oc5ccccc5c4c4c(-c5cccc6ccccc56)coc34)c3c([2H])c([2H])c([2H])c([2H])c3c(-c3ccccc3)c2c1[2H]. The van der Waals surface area contributed by atoms with Crippen molar-refractivity contribution in [2.45, 2.75) is 0 Å². The average Bonchev–Trinajstić information content (AvgIpc) is 3.81. The van der Waals surface area contributed by atoms with E-state index in [1.807, 2.05) is 72.8 Å². The molecule has 8 aromatic carbocycles. The van der Waals surface area contributed by atoms with Crippen molar-refractivity contribution >= 4 is 65.2 Å². The summed E-state index contributed by atoms with van der Waals surface area (Å²) in [5.74, 6) is 0. The number of fused-ring (bicyclic) bond motifs is 8. The Kier molecular flexibility index (Phi) is 3.92. The van der Waals surface area contributed by atoms with Crippen molar-refractivity contribution < 1.29 is 19.8 Å². The maximum Gasteiger partial charge on any atom is 0.143 e. The van der Waals surface area contributed by atoms with Gasteiger partial charge < -0.3 is 8.83 Å². The van der Waals surface area contributed by atoms with Gasteiger partial charge in [0, 0.05) is 32.8 Å². The van der Waals surface area contributed by atoms with Gasteiger partial charge in [0.2, 0.25) is 0 Å². The van der Waals surface area contributed by atoms with Crippen LogP contribution in [-0.2, 0) is 0 Å². The first-order chi connectivity index (χ1) is 26.2. The molecule has 10 aromatic rings. The smallest absolute Gasteiger partial charge is 0.143 e. The lowest BCUT2D eigenvalue weighted by Crippen LogP contribution is -1.91. The van der Waals surface area contributed by atoms with Crippen molar-refractivity contribution in [1.82, 2.24) is 0 Å². The Labute approximate surface area is 276 Å². The normalized spacial score (nSPS) is 14.3. The third-order valence-electron chi connectivity index (χ3n) is 8.97. The molecule has 2 heterocycles. The van der Waals surface area contributed by atoms with E-state index in [0.29, 0.717) is 38.8 Å². The molecule has 0 aliphatic heterocycles. The zero-order valence-electron chi connectivity index (χ0n) is 32.2. The van der Waals surface area contributed by atoms with Crippen molar-refractivity contribution in [1.29, 1.82) is 0 Å². The predicted molar refractivity (Wildman–Crippen MR) is 192 cm³/mol. The molecular weight excluding hydrogens is 560 g/mol. The summed E-state index contributed by atoms with van der Waals surface area (Å²) in [7, 11) is 0. The van der Waals surface area contributed by atoms with Crippen LogP contribution in [-0.4, -0.2) is 0 Å². The molecule has 0 fully saturated rings. The van der Waals surface area contributed by atoms with Crippen molar-refractivity contribution in [2.24, 2.45) is 0 Å². The summed E-state index contributed by atoms with van der Waals surface area (Å²) >= 11 is 0. The summed E-state index contributed by atoms with van der Waals surface area (Å²) in [5.41, 5.74) is 4.59. The van der Waals surface area contributed by atoms with Crippen molar-refractivity contribution in [3.8, 4) is 33.4 Å². The third-order valence-corrected chi connectivity index (χ3v) is 8.97. The molecule has 2 aromatic heterocycles. The van der Waals surface area contributed by atoms with E-state index in [9.17, 15) is 5.48 Å². The van der Waals surface area contributed by atoms with Crippen LogP contribution in [0.4, 0.5) is 0 Å². The van der Waals surface area contributed by atoms with Crippen LogP contribution in [0.15, 0.2) is 167 Å². The fourth-order valence-corrected chi connectivity index (χ4v) is 7.06. The Morgan fingerprint density at radius 3 is 1.85 bits per heavy atom. The molecule has 0 N–H and O–H groups in total. The topological polar surface area (TPSA) is 26.3 Å². The van der Waals surface area contributed by atoms with Gasteiger partial charge in [-0.15, -0.1) is 0 Å². The number of hydrogen-bond acceptors (Lipinski definition) is 2. The van der Waals surface area contributed by atoms with E-state index in [1.165, 1.54) is 0 Å². The minimum atomic E-state index is -0.468. The number of benzene rings is 8. The molecule has 0 unspecified atom stereocenters. The predicted octanol–water partition coefficient (Wildman–Crippen LogP) is 12.8. The summed E-state index contributed by atoms with van der Waals surface area (Å²) in [6.45, 7) is 0. The Hall–Kier alpha value is -6.12. The first kappa shape index (κ1) is 18.6. The fraction of sp³-hybridized carbons (Fsp3) is 0. The highest BCUT2D eigenvalue weighted by molar-refractivity contribution is 6.29. The first-order valence-corrected chi connectivity index (χ1v) is 15.0. The lowest BCUT2D eigenvalue weighted by atomic mass is 9.85. The zero-order valence-corrected chi connectivity index (χ0v) is 24.2. The number of rotatable bonds is 3. The van der Waals surface area contributed by atoms with Crippen molar-refractivity contribution in [3.63, 3.8) is 0 Å². The van der Waals surface area contributed by atoms with E-state index in [2.05, 4.69) is 0 Å². The Morgan fingerprint density at radius 2 is 1.09 bits per heavy atom. The highest BCUT2D eigenvalue weighted by atomic mass is 16.3. The minimum absolute atomic E-state index is 0.109. The molecule has 0 saturated carbocycles. The molecule has 2 heteroatoms. The summed E-state index contributed by atoms with van der Waals surface area (Å²) < 4.78 is 85.8. The largest absolute Gasteiger partial charge is 0.463 e. The molecule has 2 nitrogen and oxygen atoms in total. The van der Waals surface area contributed by atoms with Gasteiger partial charge >= 0.3 is 0 Å². The highest BCUT2D eigenvalue weighted by Gasteiger charge is 2.25. The zero-order chi connectivity index (χ0) is 37.2. The van der Waals surface area contributed by atoms with E-state index in [-0.39, 0.29) is 51.3 Å². The van der Waals surface area contributed by atoms with E-state index in [1.54, 1.807) is 36.6 Å². The highest BCUT2D eigenvalue weighted by Crippen LogP contribution is 2.50. The molecule has 0 spiro atoms. The van der Waals surface area contributed by atoms with Gasteiger partial charge in [0.25, 0.3) is 0 Å². The number of hydrogen-bond donors (Lipinski definition) is 0. The number of furan rings is 2. The maximum absolute atomic E-state index is 9.42. The molecule has 0 saturated heterocycles. The molecule has 10 rings (SSSR count). The monoisotopic (exact) mass is 594 g/mol. The lowest BCUT2D eigenvalue weighted by molar-refractivity contribution is 0.617. The van der Waals surface area contributed by atoms with E-state index >= 15 is 0 Å². The van der Waals surface area contributed by atoms with Gasteiger partial charge in [0.15, 0.2) is 0 Å². The molecule has 0 amide bonds. The fourth-order valence-electron chi connectivity index (χ4n) is 7.06. The van der Waals surface area contributed by atoms with E-state index < -0.39 is 24.2 Å². The minimum Gasteiger partial charge on any atom is -0.463 e. The molecule has 0 atom stereocenters. The third kappa shape index (κ3) is 3.53. The van der Waals surface area contributed by atoms with E-state index in [0.717, 1.165) is 32.7 Å². The second kappa shape index (κ2) is 9.69. The molecule has 214 valence electrons. The van der Waals surface area contributed by atoms with Gasteiger partial charge in [-0.1, -0.05) is 139 Å². The first-order valence-electron chi connectivity index (χ1n) is 19.0. The van der Waals surface area contributed by atoms with Gasteiger partial charge in [-0.05, 0) is 61.1 Å². The molecule has 46 heavy (non-hydrogen) atoms. The van der Waals surface area contributed by atoms with Crippen LogP contribution in [0.25, 0.3) is 98.6 Å². The Morgan fingerprint density at radius 1 is 0.457 bits per heavy atom. The van der Waals surface area contributed by atoms with Crippen LogP contribution in [0.1, 0.15) is 11.0 Å². The second-order valence-electron chi connectivity index (χ2n) is 11.4. The standard InChI is InChI=1S/C44H26O2/c1-2-14-28(15-3-1)40-31-18-6-8-20-33(31)41(34-21-9-7-19-32(34)40)36-25-39-42(35-22-10-11-24-38(35)46-39)43-37(26-45-44(36)43)30-23-12-16-27-13-4-5-17-29(27)30/h1-26H/i6D,7D,8D,9D,18D,19D,20D,21D. The molecule has 0 radical (unpaired) electrons. The van der Waals surface area contributed by atoms with Gasteiger partial charge in [-0.3, -0.25) is 0 Å². The van der Waals surface area contributed by atoms with Gasteiger partial charge in [-0.2, -0.15) is 0 Å². The van der Waals surface area contributed by atoms with Crippen LogP contribution >= 0.6 is 0 Å². The molecule has 0 aliphatic rings. The summed E-state index contributed by atoms with van der Waals surface area (Å²) in [5, 5.41) is 4.88. The van der Waals surface area contributed by atoms with Crippen LogP contribution in [0, 0.1) is 0 Å². The Bertz CT molecular complexity index is 3170. The van der Waals surface area contributed by atoms with Gasteiger partial charge in [0.05, 0.1) is 17.2 Å². The van der Waals surface area contributed by atoms with Gasteiger partial charge in [-0.25, -0.2) is 0 Å². The summed E-state index contributed by atoms with van der Waals surface area (Å²) in [6.07, 6.45) is 1.69. The summed E-state index contributed by atoms with van der Waals surface area (Å²) in [4.78, 5) is 0. The van der Waals surface area contributed by atoms with Crippen LogP contribution in [0.5, 0.6) is 0 Å². The van der Waals surface area contributed by atoms with Crippen LogP contribution < -0.4 is 0 Å². The molecule has 0 aliphatic carbocycles.